The van der Waals surface area contributed by atoms with E-state index in [2.05, 4.69) is 15.3 Å². The van der Waals surface area contributed by atoms with E-state index >= 15 is 0 Å². The lowest BCUT2D eigenvalue weighted by Gasteiger charge is -2.08. The predicted octanol–water partition coefficient (Wildman–Crippen LogP) is 2.92. The molecule has 0 radical (unpaired) electrons. The smallest absolute Gasteiger partial charge is 0.269 e. The number of nitrogens with zero attached hydrogens (tertiary/aromatic N) is 3. The number of aromatic nitrogens is 2. The van der Waals surface area contributed by atoms with Crippen molar-refractivity contribution in [2.24, 2.45) is 0 Å². The first-order chi connectivity index (χ1) is 9.60. The van der Waals surface area contributed by atoms with Crippen LogP contribution in [0.4, 0.5) is 11.5 Å². The molecule has 1 aromatic heterocycles. The Hall–Kier alpha value is -2.70. The fourth-order valence-corrected chi connectivity index (χ4v) is 1.64. The van der Waals surface area contributed by atoms with Crippen LogP contribution >= 0.6 is 0 Å². The summed E-state index contributed by atoms with van der Waals surface area (Å²) in [6, 6.07) is 4.40. The van der Waals surface area contributed by atoms with Crippen molar-refractivity contribution < 1.29 is 9.66 Å². The van der Waals surface area contributed by atoms with Crippen molar-refractivity contribution in [3.8, 4) is 11.6 Å². The number of benzene rings is 1. The van der Waals surface area contributed by atoms with Crippen LogP contribution in [-0.4, -0.2) is 21.4 Å². The van der Waals surface area contributed by atoms with Crippen LogP contribution in [0.1, 0.15) is 12.5 Å². The number of non-ortho nitro benzene ring substituents is 1. The zero-order valence-corrected chi connectivity index (χ0v) is 11.2. The molecule has 0 amide bonds. The molecule has 0 saturated carbocycles. The minimum atomic E-state index is -0.442. The van der Waals surface area contributed by atoms with Crippen LogP contribution in [-0.2, 0) is 0 Å². The van der Waals surface area contributed by atoms with Gasteiger partial charge in [-0.2, -0.15) is 4.98 Å². The summed E-state index contributed by atoms with van der Waals surface area (Å²) >= 11 is 0. The van der Waals surface area contributed by atoms with Crippen molar-refractivity contribution >= 4 is 11.5 Å². The molecule has 0 aliphatic rings. The number of hydrogen-bond acceptors (Lipinski definition) is 6. The maximum atomic E-state index is 10.7. The standard InChI is InChI=1S/C13H14N4O3/c1-3-15-12-7-14-8-13(16-12)20-11-5-4-10(17(18)19)6-9(11)2/h4-8H,3H2,1-2H3,(H,15,16). The van der Waals surface area contributed by atoms with Gasteiger partial charge in [-0.25, -0.2) is 0 Å². The van der Waals surface area contributed by atoms with Gasteiger partial charge in [0.2, 0.25) is 5.88 Å². The Morgan fingerprint density at radius 2 is 2.20 bits per heavy atom. The number of ether oxygens (including phenoxy) is 1. The Kier molecular flexibility index (Phi) is 4.09. The summed E-state index contributed by atoms with van der Waals surface area (Å²) in [5.41, 5.74) is 0.692. The van der Waals surface area contributed by atoms with Gasteiger partial charge < -0.3 is 10.1 Å². The fraction of sp³-hybridized carbons (Fsp3) is 0.231. The average molecular weight is 274 g/mol. The second-order valence-corrected chi connectivity index (χ2v) is 4.08. The SMILES string of the molecule is CCNc1cncc(Oc2ccc([N+](=O)[O-])cc2C)n1. The Balaban J connectivity index is 2.21. The van der Waals surface area contributed by atoms with Gasteiger partial charge in [0, 0.05) is 18.7 Å². The zero-order chi connectivity index (χ0) is 14.5. The van der Waals surface area contributed by atoms with Gasteiger partial charge in [0.05, 0.1) is 17.3 Å². The molecule has 0 aliphatic carbocycles. The Morgan fingerprint density at radius 1 is 1.40 bits per heavy atom. The molecule has 0 saturated heterocycles. The molecule has 1 aromatic carbocycles. The molecule has 0 fully saturated rings. The molecule has 2 rings (SSSR count). The first-order valence-electron chi connectivity index (χ1n) is 6.09. The molecule has 104 valence electrons. The molecule has 2 aromatic rings. The van der Waals surface area contributed by atoms with Crippen molar-refractivity contribution in [1.29, 1.82) is 0 Å². The van der Waals surface area contributed by atoms with Gasteiger partial charge in [-0.15, -0.1) is 0 Å². The normalized spacial score (nSPS) is 10.1. The highest BCUT2D eigenvalue weighted by Gasteiger charge is 2.10. The average Bonchev–Trinajstić information content (AvgIpc) is 2.42. The number of nitro benzene ring substituents is 1. The van der Waals surface area contributed by atoms with Crippen molar-refractivity contribution in [3.05, 3.63) is 46.3 Å². The van der Waals surface area contributed by atoms with Crippen LogP contribution in [0, 0.1) is 17.0 Å². The second-order valence-electron chi connectivity index (χ2n) is 4.08. The summed E-state index contributed by atoms with van der Waals surface area (Å²) in [4.78, 5) is 18.5. The highest BCUT2D eigenvalue weighted by Crippen LogP contribution is 2.27. The molecule has 0 atom stereocenters. The molecule has 0 unspecified atom stereocenters. The second kappa shape index (κ2) is 5.96. The predicted molar refractivity (Wildman–Crippen MR) is 74.1 cm³/mol. The summed E-state index contributed by atoms with van der Waals surface area (Å²) in [7, 11) is 0. The molecular formula is C13H14N4O3. The first kappa shape index (κ1) is 13.7. The highest BCUT2D eigenvalue weighted by molar-refractivity contribution is 5.44. The van der Waals surface area contributed by atoms with Crippen molar-refractivity contribution in [2.75, 3.05) is 11.9 Å². The molecule has 1 heterocycles. The molecule has 1 N–H and O–H groups in total. The number of hydrogen-bond donors (Lipinski definition) is 1. The molecule has 20 heavy (non-hydrogen) atoms. The largest absolute Gasteiger partial charge is 0.437 e. The molecule has 0 spiro atoms. The Morgan fingerprint density at radius 3 is 2.85 bits per heavy atom. The van der Waals surface area contributed by atoms with Gasteiger partial charge >= 0.3 is 0 Å². The topological polar surface area (TPSA) is 90.2 Å². The molecule has 0 bridgehead atoms. The summed E-state index contributed by atoms with van der Waals surface area (Å²) in [5, 5.41) is 13.7. The van der Waals surface area contributed by atoms with Crippen LogP contribution < -0.4 is 10.1 Å². The summed E-state index contributed by atoms with van der Waals surface area (Å²) in [6.45, 7) is 4.42. The van der Waals surface area contributed by atoms with E-state index in [1.807, 2.05) is 6.92 Å². The minimum Gasteiger partial charge on any atom is -0.437 e. The number of nitrogens with one attached hydrogen (secondary N) is 1. The van der Waals surface area contributed by atoms with Crippen LogP contribution in [0.15, 0.2) is 30.6 Å². The van der Waals surface area contributed by atoms with Crippen molar-refractivity contribution in [1.82, 2.24) is 9.97 Å². The van der Waals surface area contributed by atoms with Gasteiger partial charge in [-0.05, 0) is 25.5 Å². The lowest BCUT2D eigenvalue weighted by atomic mass is 10.2. The van der Waals surface area contributed by atoms with E-state index in [0.717, 1.165) is 6.54 Å². The lowest BCUT2D eigenvalue weighted by Crippen LogP contribution is -2.01. The van der Waals surface area contributed by atoms with Crippen LogP contribution in [0.25, 0.3) is 0 Å². The van der Waals surface area contributed by atoms with Crippen molar-refractivity contribution in [2.45, 2.75) is 13.8 Å². The van der Waals surface area contributed by atoms with Gasteiger partial charge in [0.1, 0.15) is 11.6 Å². The minimum absolute atomic E-state index is 0.0299. The third-order valence-electron chi connectivity index (χ3n) is 2.55. The summed E-state index contributed by atoms with van der Waals surface area (Å²) in [5.74, 6) is 1.46. The van der Waals surface area contributed by atoms with Crippen molar-refractivity contribution in [3.63, 3.8) is 0 Å². The van der Waals surface area contributed by atoms with Gasteiger partial charge in [-0.1, -0.05) is 0 Å². The number of nitro groups is 1. The number of aryl methyl sites for hydroxylation is 1. The molecular weight excluding hydrogens is 260 g/mol. The highest BCUT2D eigenvalue weighted by atomic mass is 16.6. The third kappa shape index (κ3) is 3.19. The lowest BCUT2D eigenvalue weighted by molar-refractivity contribution is -0.384. The van der Waals surface area contributed by atoms with Crippen LogP contribution in [0.2, 0.25) is 0 Å². The van der Waals surface area contributed by atoms with E-state index in [-0.39, 0.29) is 5.69 Å². The Bertz CT molecular complexity index is 631. The number of anilines is 1. The van der Waals surface area contributed by atoms with E-state index in [4.69, 9.17) is 4.74 Å². The summed E-state index contributed by atoms with van der Waals surface area (Å²) in [6.07, 6.45) is 3.08. The zero-order valence-electron chi connectivity index (χ0n) is 11.2. The number of rotatable bonds is 5. The molecule has 7 heteroatoms. The Labute approximate surface area is 115 Å². The quantitative estimate of drug-likeness (QED) is 0.666. The third-order valence-corrected chi connectivity index (χ3v) is 2.55. The van der Waals surface area contributed by atoms with E-state index in [9.17, 15) is 10.1 Å². The van der Waals surface area contributed by atoms with E-state index in [1.54, 1.807) is 19.2 Å². The maximum absolute atomic E-state index is 10.7. The molecule has 7 nitrogen and oxygen atoms in total. The first-order valence-corrected chi connectivity index (χ1v) is 6.09. The maximum Gasteiger partial charge on any atom is 0.269 e. The summed E-state index contributed by atoms with van der Waals surface area (Å²) < 4.78 is 5.59. The van der Waals surface area contributed by atoms with Gasteiger partial charge in [-0.3, -0.25) is 15.1 Å². The van der Waals surface area contributed by atoms with E-state index in [1.165, 1.54) is 18.3 Å². The van der Waals surface area contributed by atoms with Gasteiger partial charge in [0.25, 0.3) is 5.69 Å². The van der Waals surface area contributed by atoms with E-state index in [0.29, 0.717) is 23.0 Å². The van der Waals surface area contributed by atoms with Crippen LogP contribution in [0.3, 0.4) is 0 Å². The van der Waals surface area contributed by atoms with Crippen LogP contribution in [0.5, 0.6) is 11.6 Å². The fourth-order valence-electron chi connectivity index (χ4n) is 1.64. The molecule has 0 aliphatic heterocycles. The van der Waals surface area contributed by atoms with Gasteiger partial charge in [0.15, 0.2) is 0 Å². The van der Waals surface area contributed by atoms with E-state index < -0.39 is 4.92 Å². The monoisotopic (exact) mass is 274 g/mol.